The van der Waals surface area contributed by atoms with Gasteiger partial charge in [-0.3, -0.25) is 0 Å². The second kappa shape index (κ2) is 4.47. The number of hydrogen-bond acceptors (Lipinski definition) is 3. The summed E-state index contributed by atoms with van der Waals surface area (Å²) in [5, 5.41) is 10.5. The smallest absolute Gasteiger partial charge is 0.0993 e. The fraction of sp³-hybridized carbons (Fsp3) is 0.455. The molecule has 0 saturated heterocycles. The molecule has 72 valence electrons. The Kier molecular flexibility index (Phi) is 3.05. The Morgan fingerprint density at radius 3 is 2.93 bits per heavy atom. The summed E-state index contributed by atoms with van der Waals surface area (Å²) in [5.41, 5.74) is 0.709. The first-order valence-electron chi connectivity index (χ1n) is 4.91. The molecule has 0 unspecified atom stereocenters. The average molecular weight is 204 g/mol. The fourth-order valence-corrected chi connectivity index (χ4v) is 2.95. The van der Waals surface area contributed by atoms with E-state index in [1.807, 2.05) is 17.8 Å². The van der Waals surface area contributed by atoms with Crippen LogP contribution in [0.5, 0.6) is 0 Å². The zero-order valence-corrected chi connectivity index (χ0v) is 8.76. The second-order valence-corrected chi connectivity index (χ2v) is 4.84. The fourth-order valence-electron chi connectivity index (χ4n) is 1.72. The molecule has 3 heteroatoms. The van der Waals surface area contributed by atoms with Gasteiger partial charge >= 0.3 is 0 Å². The van der Waals surface area contributed by atoms with E-state index in [0.717, 1.165) is 10.3 Å². The van der Waals surface area contributed by atoms with Crippen molar-refractivity contribution < 1.29 is 0 Å². The number of aromatic nitrogens is 1. The standard InChI is InChI=1S/C11H12N2S/c12-8-9-5-6-13-11(7-9)14-10-3-1-2-4-10/h5-7,10H,1-4H2. The molecule has 2 rings (SSSR count). The third kappa shape index (κ3) is 2.27. The molecule has 0 N–H and O–H groups in total. The van der Waals surface area contributed by atoms with Crippen molar-refractivity contribution in [2.45, 2.75) is 36.0 Å². The summed E-state index contributed by atoms with van der Waals surface area (Å²) in [6.07, 6.45) is 6.99. The maximum atomic E-state index is 8.74. The van der Waals surface area contributed by atoms with Crippen LogP contribution < -0.4 is 0 Å². The number of nitriles is 1. The molecule has 1 saturated carbocycles. The highest BCUT2D eigenvalue weighted by Crippen LogP contribution is 2.33. The number of pyridine rings is 1. The molecule has 1 aliphatic carbocycles. The highest BCUT2D eigenvalue weighted by Gasteiger charge is 2.16. The molecule has 1 aromatic rings. The van der Waals surface area contributed by atoms with Crippen LogP contribution in [-0.2, 0) is 0 Å². The van der Waals surface area contributed by atoms with Gasteiger partial charge in [0.1, 0.15) is 0 Å². The predicted octanol–water partition coefficient (Wildman–Crippen LogP) is 2.99. The molecule has 0 radical (unpaired) electrons. The molecule has 1 aliphatic rings. The van der Waals surface area contributed by atoms with E-state index >= 15 is 0 Å². The van der Waals surface area contributed by atoms with Gasteiger partial charge in [-0.15, -0.1) is 11.8 Å². The molecule has 0 aromatic carbocycles. The average Bonchev–Trinajstić information content (AvgIpc) is 2.71. The molecule has 0 amide bonds. The summed E-state index contributed by atoms with van der Waals surface area (Å²) in [4.78, 5) is 4.26. The summed E-state index contributed by atoms with van der Waals surface area (Å²) in [6, 6.07) is 5.77. The van der Waals surface area contributed by atoms with Crippen LogP contribution in [0.15, 0.2) is 23.4 Å². The topological polar surface area (TPSA) is 36.7 Å². The van der Waals surface area contributed by atoms with Gasteiger partial charge in [0, 0.05) is 11.4 Å². The molecule has 2 nitrogen and oxygen atoms in total. The van der Waals surface area contributed by atoms with E-state index < -0.39 is 0 Å². The lowest BCUT2D eigenvalue weighted by molar-refractivity contribution is 0.886. The van der Waals surface area contributed by atoms with Crippen molar-refractivity contribution in [2.75, 3.05) is 0 Å². The molecule has 0 aliphatic heterocycles. The predicted molar refractivity (Wildman–Crippen MR) is 57.1 cm³/mol. The minimum Gasteiger partial charge on any atom is -0.250 e. The summed E-state index contributed by atoms with van der Waals surface area (Å²) < 4.78 is 0. The first-order chi connectivity index (χ1) is 6.88. The Balaban J connectivity index is 2.05. The lowest BCUT2D eigenvalue weighted by Crippen LogP contribution is -1.94. The van der Waals surface area contributed by atoms with Crippen LogP contribution in [0.4, 0.5) is 0 Å². The third-order valence-corrected chi connectivity index (χ3v) is 3.72. The minimum atomic E-state index is 0.709. The van der Waals surface area contributed by atoms with Crippen molar-refractivity contribution in [3.05, 3.63) is 23.9 Å². The summed E-state index contributed by atoms with van der Waals surface area (Å²) >= 11 is 1.82. The zero-order valence-electron chi connectivity index (χ0n) is 7.94. The molecule has 1 fully saturated rings. The van der Waals surface area contributed by atoms with Crippen molar-refractivity contribution in [2.24, 2.45) is 0 Å². The molecule has 14 heavy (non-hydrogen) atoms. The van der Waals surface area contributed by atoms with Gasteiger partial charge in [0.25, 0.3) is 0 Å². The van der Waals surface area contributed by atoms with Gasteiger partial charge in [-0.25, -0.2) is 4.98 Å². The van der Waals surface area contributed by atoms with Crippen molar-refractivity contribution in [1.29, 1.82) is 5.26 Å². The van der Waals surface area contributed by atoms with E-state index in [1.165, 1.54) is 25.7 Å². The zero-order chi connectivity index (χ0) is 9.80. The SMILES string of the molecule is N#Cc1ccnc(SC2CCCC2)c1. The largest absolute Gasteiger partial charge is 0.250 e. The van der Waals surface area contributed by atoms with E-state index in [1.54, 1.807) is 12.3 Å². The second-order valence-electron chi connectivity index (χ2n) is 3.52. The Hall–Kier alpha value is -1.01. The van der Waals surface area contributed by atoms with Gasteiger partial charge in [0.05, 0.1) is 16.7 Å². The molecule has 0 spiro atoms. The normalized spacial score (nSPS) is 16.8. The Morgan fingerprint density at radius 1 is 1.43 bits per heavy atom. The third-order valence-electron chi connectivity index (χ3n) is 2.45. The van der Waals surface area contributed by atoms with Gasteiger partial charge in [0.2, 0.25) is 0 Å². The summed E-state index contributed by atoms with van der Waals surface area (Å²) in [6.45, 7) is 0. The van der Waals surface area contributed by atoms with Crippen LogP contribution in [-0.4, -0.2) is 10.2 Å². The van der Waals surface area contributed by atoms with Gasteiger partial charge in [-0.2, -0.15) is 5.26 Å². The molecule has 0 atom stereocenters. The first kappa shape index (κ1) is 9.54. The first-order valence-corrected chi connectivity index (χ1v) is 5.79. The summed E-state index contributed by atoms with van der Waals surface area (Å²) in [5.74, 6) is 0. The lowest BCUT2D eigenvalue weighted by atomic mass is 10.3. The van der Waals surface area contributed by atoms with E-state index in [4.69, 9.17) is 5.26 Å². The molecule has 1 heterocycles. The van der Waals surface area contributed by atoms with E-state index in [-0.39, 0.29) is 0 Å². The van der Waals surface area contributed by atoms with E-state index in [0.29, 0.717) is 5.56 Å². The minimum absolute atomic E-state index is 0.709. The Morgan fingerprint density at radius 2 is 2.21 bits per heavy atom. The van der Waals surface area contributed by atoms with Crippen LogP contribution in [0, 0.1) is 11.3 Å². The van der Waals surface area contributed by atoms with Crippen LogP contribution in [0.2, 0.25) is 0 Å². The van der Waals surface area contributed by atoms with Crippen LogP contribution in [0.25, 0.3) is 0 Å². The molecular weight excluding hydrogens is 192 g/mol. The molecule has 0 bridgehead atoms. The van der Waals surface area contributed by atoms with E-state index in [2.05, 4.69) is 11.1 Å². The monoisotopic (exact) mass is 204 g/mol. The van der Waals surface area contributed by atoms with Crippen molar-refractivity contribution in [1.82, 2.24) is 4.98 Å². The van der Waals surface area contributed by atoms with Crippen LogP contribution >= 0.6 is 11.8 Å². The number of nitrogens with zero attached hydrogens (tertiary/aromatic N) is 2. The van der Waals surface area contributed by atoms with Gasteiger partial charge in [0.15, 0.2) is 0 Å². The van der Waals surface area contributed by atoms with Crippen molar-refractivity contribution in [3.63, 3.8) is 0 Å². The van der Waals surface area contributed by atoms with Crippen molar-refractivity contribution >= 4 is 11.8 Å². The quantitative estimate of drug-likeness (QED) is 0.743. The van der Waals surface area contributed by atoms with Gasteiger partial charge in [-0.1, -0.05) is 12.8 Å². The Bertz CT molecular complexity index is 351. The summed E-state index contributed by atoms with van der Waals surface area (Å²) in [7, 11) is 0. The highest BCUT2D eigenvalue weighted by atomic mass is 32.2. The van der Waals surface area contributed by atoms with Crippen LogP contribution in [0.1, 0.15) is 31.2 Å². The van der Waals surface area contributed by atoms with Crippen molar-refractivity contribution in [3.8, 4) is 6.07 Å². The van der Waals surface area contributed by atoms with Gasteiger partial charge < -0.3 is 0 Å². The number of hydrogen-bond donors (Lipinski definition) is 0. The number of thioether (sulfide) groups is 1. The Labute approximate surface area is 88.4 Å². The molecular formula is C11H12N2S. The van der Waals surface area contributed by atoms with Gasteiger partial charge in [-0.05, 0) is 25.0 Å². The highest BCUT2D eigenvalue weighted by molar-refractivity contribution is 7.99. The number of rotatable bonds is 2. The maximum absolute atomic E-state index is 8.74. The maximum Gasteiger partial charge on any atom is 0.0993 e. The van der Waals surface area contributed by atoms with E-state index in [9.17, 15) is 0 Å². The lowest BCUT2D eigenvalue weighted by Gasteiger charge is -2.06. The van der Waals surface area contributed by atoms with Crippen LogP contribution in [0.3, 0.4) is 0 Å². The molecule has 1 aromatic heterocycles.